The van der Waals surface area contributed by atoms with Crippen LogP contribution in [0.25, 0.3) is 22.5 Å². The van der Waals surface area contributed by atoms with Gasteiger partial charge in [-0.1, -0.05) is 47.5 Å². The highest BCUT2D eigenvalue weighted by Crippen LogP contribution is 2.41. The van der Waals surface area contributed by atoms with E-state index in [1.165, 1.54) is 6.20 Å². The van der Waals surface area contributed by atoms with E-state index in [2.05, 4.69) is 31.2 Å². The van der Waals surface area contributed by atoms with Gasteiger partial charge in [0.25, 0.3) is 0 Å². The lowest BCUT2D eigenvalue weighted by molar-refractivity contribution is -0.119. The minimum atomic E-state index is -0.551. The van der Waals surface area contributed by atoms with Crippen LogP contribution in [-0.4, -0.2) is 58.3 Å². The number of hydrogen-bond acceptors (Lipinski definition) is 9. The number of benzene rings is 1. The number of ether oxygens (including phenoxy) is 1. The maximum Gasteiger partial charge on any atom is 0.220 e. The molecule has 236 valence electrons. The molecule has 0 saturated carbocycles. The third kappa shape index (κ3) is 7.86. The van der Waals surface area contributed by atoms with Crippen LogP contribution in [0.3, 0.4) is 0 Å². The van der Waals surface area contributed by atoms with E-state index in [0.29, 0.717) is 70.7 Å². The maximum absolute atomic E-state index is 15.2. The lowest BCUT2D eigenvalue weighted by Gasteiger charge is -2.16. The average molecular weight is 655 g/mol. The number of aliphatic hydroxyl groups excluding tert-OH is 1. The molecule has 10 nitrogen and oxygen atoms in total. The van der Waals surface area contributed by atoms with Crippen molar-refractivity contribution < 1.29 is 19.0 Å². The number of nitrogens with one attached hydrogen (secondary N) is 4. The number of pyridine rings is 3. The fourth-order valence-corrected chi connectivity index (χ4v) is 5.61. The highest BCUT2D eigenvalue weighted by atomic mass is 35.5. The summed E-state index contributed by atoms with van der Waals surface area (Å²) in [7, 11) is 1.56. The molecule has 1 aliphatic heterocycles. The standard InChI is InChI=1S/C32H34Cl2FN7O3/c1-18(43)14-36-15-19-10-12-39-31(29(19)35)41-25-11-13-38-30(28(25)34)23-5-3-4-22(27(23)33)24-8-6-20(32(42-24)45-2)16-37-17-21-7-9-26(44)40-21/h3-6,8,10-13,18,21,36-37,43H,7,9,14-17H2,1-2H3,(H,40,44)(H,38,39,41). The molecule has 0 aliphatic carbocycles. The second-order valence-corrected chi connectivity index (χ2v) is 11.5. The van der Waals surface area contributed by atoms with E-state index in [4.69, 9.17) is 32.9 Å². The Morgan fingerprint density at radius 1 is 1.04 bits per heavy atom. The fraction of sp³-hybridized carbons (Fsp3) is 0.312. The van der Waals surface area contributed by atoms with Crippen molar-refractivity contribution in [2.45, 2.75) is 45.0 Å². The van der Waals surface area contributed by atoms with Crippen molar-refractivity contribution in [3.8, 4) is 28.4 Å². The van der Waals surface area contributed by atoms with Crippen molar-refractivity contribution in [1.29, 1.82) is 0 Å². The van der Waals surface area contributed by atoms with Crippen LogP contribution in [0.5, 0.6) is 5.88 Å². The molecule has 5 rings (SSSR count). The number of nitrogens with zero attached hydrogens (tertiary/aromatic N) is 3. The smallest absolute Gasteiger partial charge is 0.220 e. The average Bonchev–Trinajstić information content (AvgIpc) is 3.45. The Morgan fingerprint density at radius 3 is 2.58 bits per heavy atom. The summed E-state index contributed by atoms with van der Waals surface area (Å²) < 4.78 is 20.8. The molecule has 1 saturated heterocycles. The van der Waals surface area contributed by atoms with Crippen molar-refractivity contribution in [1.82, 2.24) is 30.9 Å². The van der Waals surface area contributed by atoms with E-state index in [1.807, 2.05) is 24.3 Å². The zero-order chi connectivity index (χ0) is 31.9. The summed E-state index contributed by atoms with van der Waals surface area (Å²) in [5.74, 6) is 0.00804. The second kappa shape index (κ2) is 14.9. The van der Waals surface area contributed by atoms with Crippen LogP contribution < -0.4 is 26.0 Å². The second-order valence-electron chi connectivity index (χ2n) is 10.7. The van der Waals surface area contributed by atoms with Gasteiger partial charge in [0.1, 0.15) is 0 Å². The molecule has 2 atom stereocenters. The van der Waals surface area contributed by atoms with E-state index < -0.39 is 11.9 Å². The number of carbonyl (C=O) groups excluding carboxylic acids is 1. The molecule has 2 unspecified atom stereocenters. The zero-order valence-corrected chi connectivity index (χ0v) is 26.3. The molecule has 1 aliphatic rings. The predicted molar refractivity (Wildman–Crippen MR) is 173 cm³/mol. The number of aliphatic hydroxyl groups is 1. The minimum Gasteiger partial charge on any atom is -0.481 e. The van der Waals surface area contributed by atoms with E-state index in [-0.39, 0.29) is 29.3 Å². The van der Waals surface area contributed by atoms with Crippen LogP contribution in [0, 0.1) is 5.82 Å². The van der Waals surface area contributed by atoms with Crippen molar-refractivity contribution >= 4 is 40.6 Å². The maximum atomic E-state index is 15.2. The van der Waals surface area contributed by atoms with E-state index in [1.54, 1.807) is 38.4 Å². The number of methoxy groups -OCH3 is 1. The van der Waals surface area contributed by atoms with Gasteiger partial charge in [0, 0.05) is 73.3 Å². The van der Waals surface area contributed by atoms with Gasteiger partial charge >= 0.3 is 0 Å². The number of amides is 1. The first-order chi connectivity index (χ1) is 21.7. The molecule has 1 fully saturated rings. The summed E-state index contributed by atoms with van der Waals surface area (Å²) in [6.45, 7) is 3.38. The Bertz CT molecular complexity index is 1670. The van der Waals surface area contributed by atoms with Crippen molar-refractivity contribution in [3.63, 3.8) is 0 Å². The third-order valence-electron chi connectivity index (χ3n) is 7.32. The zero-order valence-electron chi connectivity index (χ0n) is 24.8. The Labute approximate surface area is 270 Å². The van der Waals surface area contributed by atoms with Crippen LogP contribution in [0.4, 0.5) is 15.9 Å². The number of aromatic nitrogens is 3. The van der Waals surface area contributed by atoms with Gasteiger partial charge in [-0.05, 0) is 31.5 Å². The van der Waals surface area contributed by atoms with E-state index in [0.717, 1.165) is 12.0 Å². The summed E-state index contributed by atoms with van der Waals surface area (Å²) in [5, 5.41) is 22.4. The number of hydrogen-bond donors (Lipinski definition) is 5. The van der Waals surface area contributed by atoms with E-state index >= 15 is 4.39 Å². The first-order valence-corrected chi connectivity index (χ1v) is 15.3. The molecule has 4 aromatic rings. The molecular formula is C32H34Cl2FN7O3. The van der Waals surface area contributed by atoms with Crippen molar-refractivity contribution in [3.05, 3.63) is 81.8 Å². The van der Waals surface area contributed by atoms with Crippen LogP contribution >= 0.6 is 23.2 Å². The van der Waals surface area contributed by atoms with Crippen molar-refractivity contribution in [2.75, 3.05) is 25.5 Å². The molecule has 0 spiro atoms. The van der Waals surface area contributed by atoms with Crippen LogP contribution in [0.1, 0.15) is 30.9 Å². The summed E-state index contributed by atoms with van der Waals surface area (Å²) in [4.78, 5) is 24.8. The molecule has 1 amide bonds. The molecular weight excluding hydrogens is 620 g/mol. The molecule has 4 heterocycles. The minimum absolute atomic E-state index is 0.00381. The topological polar surface area (TPSA) is 133 Å². The fourth-order valence-electron chi connectivity index (χ4n) is 5.03. The summed E-state index contributed by atoms with van der Waals surface area (Å²) >= 11 is 13.7. The van der Waals surface area contributed by atoms with E-state index in [9.17, 15) is 9.90 Å². The van der Waals surface area contributed by atoms with Gasteiger partial charge in [-0.2, -0.15) is 0 Å². The number of carbonyl (C=O) groups is 1. The molecule has 1 aromatic carbocycles. The molecule has 13 heteroatoms. The normalized spacial score (nSPS) is 15.2. The van der Waals surface area contributed by atoms with Crippen LogP contribution in [0.2, 0.25) is 10.0 Å². The number of halogens is 3. The molecule has 5 N–H and O–H groups in total. The van der Waals surface area contributed by atoms with Crippen LogP contribution in [0.15, 0.2) is 54.9 Å². The van der Waals surface area contributed by atoms with Gasteiger partial charge in [0.15, 0.2) is 11.6 Å². The summed E-state index contributed by atoms with van der Waals surface area (Å²) in [6.07, 6.45) is 3.88. The quantitative estimate of drug-likeness (QED) is 0.131. The molecule has 0 radical (unpaired) electrons. The first-order valence-electron chi connectivity index (χ1n) is 14.5. The van der Waals surface area contributed by atoms with Crippen LogP contribution in [-0.2, 0) is 17.9 Å². The van der Waals surface area contributed by atoms with Gasteiger partial charge in [0.2, 0.25) is 11.8 Å². The Kier molecular flexibility index (Phi) is 10.8. The largest absolute Gasteiger partial charge is 0.481 e. The van der Waals surface area contributed by atoms with Crippen molar-refractivity contribution in [2.24, 2.45) is 0 Å². The predicted octanol–water partition coefficient (Wildman–Crippen LogP) is 5.24. The molecule has 45 heavy (non-hydrogen) atoms. The molecule has 0 bridgehead atoms. The first kappa shape index (κ1) is 32.5. The molecule has 3 aromatic heterocycles. The number of anilines is 2. The monoisotopic (exact) mass is 653 g/mol. The summed E-state index contributed by atoms with van der Waals surface area (Å²) in [6, 6.07) is 12.6. The SMILES string of the molecule is COc1nc(-c2cccc(-c3nccc(Nc4nccc(CNCC(C)O)c4F)c3Cl)c2Cl)ccc1CNCC1CCC(=O)N1. The highest BCUT2D eigenvalue weighted by Gasteiger charge is 2.21. The third-order valence-corrected chi connectivity index (χ3v) is 8.11. The highest BCUT2D eigenvalue weighted by molar-refractivity contribution is 6.39. The Hall–Kier alpha value is -3.87. The van der Waals surface area contributed by atoms with Gasteiger partial charge in [0.05, 0.1) is 40.3 Å². The Morgan fingerprint density at radius 2 is 1.82 bits per heavy atom. The summed E-state index contributed by atoms with van der Waals surface area (Å²) in [5.41, 5.74) is 3.88. The van der Waals surface area contributed by atoms with Gasteiger partial charge in [-0.3, -0.25) is 9.78 Å². The lowest BCUT2D eigenvalue weighted by atomic mass is 10.0. The number of rotatable bonds is 13. The van der Waals surface area contributed by atoms with Gasteiger partial charge in [-0.15, -0.1) is 0 Å². The lowest BCUT2D eigenvalue weighted by Crippen LogP contribution is -2.35. The van der Waals surface area contributed by atoms with Gasteiger partial charge < -0.3 is 31.1 Å². The Balaban J connectivity index is 1.36. The van der Waals surface area contributed by atoms with Gasteiger partial charge in [-0.25, -0.2) is 14.4 Å².